The Hall–Kier alpha value is -13.7. The molecular formula is C114H133F6N5O13. The van der Waals surface area contributed by atoms with E-state index < -0.39 is 47.9 Å². The molecule has 24 heteroatoms. The number of para-hydroxylation sites is 3. The summed E-state index contributed by atoms with van der Waals surface area (Å²) in [4.78, 5) is 48.8. The Balaban J connectivity index is 0.000000314. The molecule has 3 aliphatic rings. The van der Waals surface area contributed by atoms with E-state index in [4.69, 9.17) is 14.2 Å². The van der Waals surface area contributed by atoms with E-state index in [-0.39, 0.29) is 57.5 Å². The molecular weight excluding hydrogens is 1760 g/mol. The van der Waals surface area contributed by atoms with Gasteiger partial charge < -0.3 is 14.2 Å². The van der Waals surface area contributed by atoms with Crippen LogP contribution in [-0.4, -0.2) is 56.8 Å². The molecule has 17 rings (SSSR count). The summed E-state index contributed by atoms with van der Waals surface area (Å²) in [5.41, 5.74) is 12.6. The van der Waals surface area contributed by atoms with E-state index >= 15 is 0 Å². The van der Waals surface area contributed by atoms with Gasteiger partial charge in [-0.05, 0) is 231 Å². The lowest BCUT2D eigenvalue weighted by atomic mass is 9.84. The van der Waals surface area contributed by atoms with Crippen LogP contribution in [0.1, 0.15) is 167 Å². The highest BCUT2D eigenvalue weighted by Gasteiger charge is 2.18. The van der Waals surface area contributed by atoms with Crippen molar-refractivity contribution in [1.29, 1.82) is 0 Å². The van der Waals surface area contributed by atoms with Crippen LogP contribution in [0.15, 0.2) is 285 Å². The first-order valence-electron chi connectivity index (χ1n) is 46.0. The first kappa shape index (κ1) is 117. The molecule has 14 aromatic carbocycles. The minimum Gasteiger partial charge on any atom is -0.378 e. The minimum absolute atomic E-state index is 0.0145. The summed E-state index contributed by atoms with van der Waals surface area (Å²) in [6.45, 7) is 42.4. The van der Waals surface area contributed by atoms with Crippen LogP contribution in [-0.2, 0) is 14.2 Å². The van der Waals surface area contributed by atoms with Gasteiger partial charge in [0.05, 0.1) is 43.9 Å². The van der Waals surface area contributed by atoms with E-state index in [0.29, 0.717) is 44.9 Å². The molecule has 0 aromatic heterocycles. The predicted molar refractivity (Wildman–Crippen MR) is 549 cm³/mol. The summed E-state index contributed by atoms with van der Waals surface area (Å²) in [6, 6.07) is 81.5. The molecule has 0 radical (unpaired) electrons. The second kappa shape index (κ2) is 62.1. The fourth-order valence-corrected chi connectivity index (χ4v) is 13.0. The number of fused-ring (bicyclic) bond motifs is 3. The fourth-order valence-electron chi connectivity index (χ4n) is 13.0. The van der Waals surface area contributed by atoms with Crippen LogP contribution in [0.25, 0.3) is 43.4 Å². The number of nitro groups is 5. The molecule has 138 heavy (non-hydrogen) atoms. The number of benzene rings is 14. The zero-order valence-electron chi connectivity index (χ0n) is 83.0. The lowest BCUT2D eigenvalue weighted by molar-refractivity contribution is -0.385. The maximum Gasteiger partial charge on any atom is 0.269 e. The molecule has 1 saturated carbocycles. The molecule has 0 N–H and O–H groups in total. The number of hydrogen-bond donors (Lipinski definition) is 0. The SMILES string of the molecule is CC1CCC(C)CC1.CC1CCC(C)OC1.CC1COC(C)OC1.CCC.Cc1cc(F)c(C)c(F)c1.Cc1ccc(C)c(F)c1.Cc1ccc(C)cc1.Cc1ccc2c(F)c(C)c(F)cc2c1.Cc1ccc2c(F)c(C)ccc2c1.Cc1ccc2cc(C)ccc2c1.O=[N+]([O-])c1ccc(-c2ccc([N+](=O)[O-])cc2)cc1.O=[N+]([O-])c1ccccc1.O=[N+]([O-])c1ccccc1.O=[N+]([O-])c1ccccc1. The van der Waals surface area contributed by atoms with Crippen LogP contribution in [0.2, 0.25) is 0 Å². The molecule has 0 bridgehead atoms. The Bertz CT molecular complexity index is 5710. The van der Waals surface area contributed by atoms with Gasteiger partial charge >= 0.3 is 0 Å². The average Bonchev–Trinajstić information content (AvgIpc) is 0.803. The molecule has 0 spiro atoms. The Morgan fingerprint density at radius 2 is 0.558 bits per heavy atom. The Labute approximate surface area is 809 Å². The van der Waals surface area contributed by atoms with Crippen LogP contribution in [0.5, 0.6) is 0 Å². The number of nitro benzene ring substituents is 5. The van der Waals surface area contributed by atoms with Crippen molar-refractivity contribution in [2.24, 2.45) is 23.7 Å². The molecule has 3 fully saturated rings. The summed E-state index contributed by atoms with van der Waals surface area (Å²) in [7, 11) is 0. The summed E-state index contributed by atoms with van der Waals surface area (Å²) in [5.74, 6) is 1.30. The zero-order valence-corrected chi connectivity index (χ0v) is 83.0. The first-order chi connectivity index (χ1) is 65.4. The maximum atomic E-state index is 13.6. The van der Waals surface area contributed by atoms with Crippen LogP contribution >= 0.6 is 0 Å². The van der Waals surface area contributed by atoms with Gasteiger partial charge in [-0.3, -0.25) is 50.6 Å². The van der Waals surface area contributed by atoms with Gasteiger partial charge in [0.25, 0.3) is 28.4 Å². The maximum absolute atomic E-state index is 13.6. The van der Waals surface area contributed by atoms with Crippen LogP contribution in [0.3, 0.4) is 0 Å². The van der Waals surface area contributed by atoms with Crippen molar-refractivity contribution in [2.45, 2.75) is 196 Å². The Kier molecular flexibility index (Phi) is 52.5. The third kappa shape index (κ3) is 44.9. The van der Waals surface area contributed by atoms with E-state index in [9.17, 15) is 76.9 Å². The number of nitrogens with zero attached hydrogens (tertiary/aromatic N) is 5. The third-order valence-electron chi connectivity index (χ3n) is 21.5. The van der Waals surface area contributed by atoms with Gasteiger partial charge in [-0.2, -0.15) is 0 Å². The number of non-ortho nitro benzene ring substituents is 5. The van der Waals surface area contributed by atoms with Gasteiger partial charge in [-0.1, -0.05) is 283 Å². The summed E-state index contributed by atoms with van der Waals surface area (Å²) in [5, 5.41) is 56.5. The minimum atomic E-state index is -0.486. The highest BCUT2D eigenvalue weighted by atomic mass is 19.2. The van der Waals surface area contributed by atoms with Crippen molar-refractivity contribution >= 4 is 60.8 Å². The molecule has 0 amide bonds. The quantitative estimate of drug-likeness (QED) is 0.0855. The highest BCUT2D eigenvalue weighted by Crippen LogP contribution is 2.30. The predicted octanol–water partition coefficient (Wildman–Crippen LogP) is 33.2. The van der Waals surface area contributed by atoms with Crippen molar-refractivity contribution in [3.8, 4) is 11.1 Å². The Morgan fingerprint density at radius 1 is 0.268 bits per heavy atom. The monoisotopic (exact) mass is 1890 g/mol. The van der Waals surface area contributed by atoms with Crippen molar-refractivity contribution in [2.75, 3.05) is 19.8 Å². The molecule has 734 valence electrons. The van der Waals surface area contributed by atoms with Gasteiger partial charge in [0.1, 0.15) is 34.9 Å². The van der Waals surface area contributed by atoms with Gasteiger partial charge in [0.15, 0.2) is 6.29 Å². The van der Waals surface area contributed by atoms with Crippen molar-refractivity contribution in [3.05, 3.63) is 437 Å². The lowest BCUT2D eigenvalue weighted by Gasteiger charge is -2.24. The van der Waals surface area contributed by atoms with Gasteiger partial charge in [-0.15, -0.1) is 0 Å². The van der Waals surface area contributed by atoms with Crippen molar-refractivity contribution in [3.63, 3.8) is 0 Å². The average molecular weight is 1900 g/mol. The topological polar surface area (TPSA) is 243 Å². The third-order valence-corrected chi connectivity index (χ3v) is 21.5. The zero-order chi connectivity index (χ0) is 103. The molecule has 18 nitrogen and oxygen atoms in total. The molecule has 14 aromatic rings. The fraction of sp³-hybridized carbons (Fsp3) is 0.316. The largest absolute Gasteiger partial charge is 0.378 e. The summed E-state index contributed by atoms with van der Waals surface area (Å²) >= 11 is 0. The molecule has 2 aliphatic heterocycles. The number of aryl methyl sites for hydroxylation is 10. The molecule has 2 heterocycles. The van der Waals surface area contributed by atoms with Crippen molar-refractivity contribution in [1.82, 2.24) is 0 Å². The highest BCUT2D eigenvalue weighted by molar-refractivity contribution is 5.86. The first-order valence-corrected chi connectivity index (χ1v) is 46.0. The lowest BCUT2D eigenvalue weighted by Crippen LogP contribution is -2.27. The number of ether oxygens (including phenoxy) is 3. The summed E-state index contributed by atoms with van der Waals surface area (Å²) in [6.07, 6.45) is 10.3. The van der Waals surface area contributed by atoms with E-state index in [2.05, 4.69) is 137 Å². The number of hydrogen-bond acceptors (Lipinski definition) is 13. The molecule has 2 saturated heterocycles. The molecule has 2 atom stereocenters. The van der Waals surface area contributed by atoms with Crippen LogP contribution in [0, 0.1) is 192 Å². The second-order valence-corrected chi connectivity index (χ2v) is 34.7. The number of halogens is 6. The van der Waals surface area contributed by atoms with E-state index in [0.717, 1.165) is 70.8 Å². The summed E-state index contributed by atoms with van der Waals surface area (Å²) < 4.78 is 93.8. The Morgan fingerprint density at radius 3 is 0.891 bits per heavy atom. The van der Waals surface area contributed by atoms with Crippen LogP contribution < -0.4 is 0 Å². The van der Waals surface area contributed by atoms with Crippen LogP contribution in [0.4, 0.5) is 54.8 Å². The smallest absolute Gasteiger partial charge is 0.269 e. The molecule has 1 aliphatic carbocycles. The number of rotatable bonds is 6. The van der Waals surface area contributed by atoms with E-state index in [1.807, 2.05) is 70.2 Å². The van der Waals surface area contributed by atoms with E-state index in [1.54, 1.807) is 118 Å². The van der Waals surface area contributed by atoms with Crippen molar-refractivity contribution < 1.29 is 65.2 Å². The van der Waals surface area contributed by atoms with Gasteiger partial charge in [0, 0.05) is 95.1 Å². The van der Waals surface area contributed by atoms with E-state index in [1.165, 1.54) is 177 Å². The standard InChI is InChI=1S/C12H10F2.C12H11F.C12H8N2O4.C12H12.C8H8F2.C8H9F.C8H16.C8H10.C7H14O.3C6H5NO2.C6H12O2.C3H8/c1-7-3-4-10-9(5-7)6-11(13)8(2)12(10)14;1-8-3-6-11-10(7-8)5-4-9(2)12(11)13;15-13(16)11-5-1-9(2-6-11)10-3-7-12(8-4-10)14(17)18;1-9-3-5-12-8-10(2)4-6-11(12)7-9;1-5-3-7(9)6(2)8(10)4-5;1-6-3-4-7(2)8(9)5-6;2*1-7-3-5-8(2)6-4-7;1-6-3-4-7(2)8-5-6;3*8-7(9)6-4-2-1-3-5-6;1-5-3-7-6(2)8-4-5;1-3-2/h3-6H,1-2H3;3-7H,1-2H3;1-8H;3-8H,1-2H3;3-4H,1-2H3;3-5H,1-2H3;7-8H,3-6H2,1-2H3;3-6H,1-2H3;6-7H,3-5H2,1-2H3;3*1-5H;5-6H,3-4H2,1-2H3;3H2,1-2H3. The van der Waals surface area contributed by atoms with Gasteiger partial charge in [-0.25, -0.2) is 26.3 Å². The van der Waals surface area contributed by atoms with Gasteiger partial charge in [0.2, 0.25) is 0 Å². The normalized spacial score (nSPS) is 15.0. The molecule has 2 unspecified atom stereocenters. The second-order valence-electron chi connectivity index (χ2n) is 34.7.